The highest BCUT2D eigenvalue weighted by atomic mass is 16.5. The van der Waals surface area contributed by atoms with E-state index in [1.807, 2.05) is 49.4 Å². The van der Waals surface area contributed by atoms with Gasteiger partial charge in [-0.05, 0) is 37.1 Å². The Balaban J connectivity index is 1.63. The van der Waals surface area contributed by atoms with Gasteiger partial charge in [-0.15, -0.1) is 0 Å². The van der Waals surface area contributed by atoms with E-state index in [-0.39, 0.29) is 6.42 Å². The van der Waals surface area contributed by atoms with Crippen LogP contribution in [0, 0.1) is 6.92 Å². The number of benzene rings is 2. The Labute approximate surface area is 175 Å². The Hall–Kier alpha value is -3.54. The van der Waals surface area contributed by atoms with Gasteiger partial charge in [-0.2, -0.15) is 0 Å². The predicted octanol–water partition coefficient (Wildman–Crippen LogP) is 4.85. The lowest BCUT2D eigenvalue weighted by atomic mass is 10.1. The Morgan fingerprint density at radius 2 is 1.97 bits per heavy atom. The van der Waals surface area contributed by atoms with Gasteiger partial charge in [0, 0.05) is 24.5 Å². The van der Waals surface area contributed by atoms with Crippen LogP contribution in [0.3, 0.4) is 0 Å². The van der Waals surface area contributed by atoms with Crippen LogP contribution in [0.4, 0.5) is 0 Å². The zero-order valence-electron chi connectivity index (χ0n) is 17.0. The maximum atomic E-state index is 10.9. The molecule has 0 bridgehead atoms. The minimum Gasteiger partial charge on any atom is -0.493 e. The average Bonchev–Trinajstić information content (AvgIpc) is 3.12. The molecule has 0 saturated carbocycles. The third kappa shape index (κ3) is 5.73. The molecule has 0 fully saturated rings. The molecule has 3 rings (SSSR count). The molecule has 0 amide bonds. The molecule has 1 aromatic heterocycles. The fourth-order valence-electron chi connectivity index (χ4n) is 2.99. The van der Waals surface area contributed by atoms with E-state index in [9.17, 15) is 4.79 Å². The number of oxazole rings is 1. The molecular weight excluding hydrogens is 382 g/mol. The first-order chi connectivity index (χ1) is 14.6. The summed E-state index contributed by atoms with van der Waals surface area (Å²) in [6, 6.07) is 15.2. The number of carbonyl (C=O) groups is 1. The third-order valence-electron chi connectivity index (χ3n) is 4.52. The summed E-state index contributed by atoms with van der Waals surface area (Å²) in [5.41, 5.74) is 2.62. The van der Waals surface area contributed by atoms with Gasteiger partial charge in [-0.25, -0.2) is 4.98 Å². The first-order valence-electron chi connectivity index (χ1n) is 9.79. The van der Waals surface area contributed by atoms with Crippen LogP contribution in [0.15, 0.2) is 65.6 Å². The van der Waals surface area contributed by atoms with E-state index in [1.54, 1.807) is 12.1 Å². The maximum Gasteiger partial charge on any atom is 0.303 e. The molecule has 0 unspecified atom stereocenters. The van der Waals surface area contributed by atoms with Gasteiger partial charge in [-0.3, -0.25) is 4.79 Å². The van der Waals surface area contributed by atoms with Gasteiger partial charge < -0.3 is 19.0 Å². The van der Waals surface area contributed by atoms with Crippen LogP contribution < -0.4 is 9.47 Å². The van der Waals surface area contributed by atoms with Crippen molar-refractivity contribution in [2.24, 2.45) is 0 Å². The molecule has 0 aliphatic rings. The highest BCUT2D eigenvalue weighted by Crippen LogP contribution is 2.27. The van der Waals surface area contributed by atoms with E-state index in [1.165, 1.54) is 0 Å². The van der Waals surface area contributed by atoms with Crippen LogP contribution in [0.2, 0.25) is 0 Å². The number of carboxylic acid groups (broad SMARTS) is 1. The average molecular weight is 407 g/mol. The van der Waals surface area contributed by atoms with Gasteiger partial charge in [0.15, 0.2) is 0 Å². The van der Waals surface area contributed by atoms with Crippen LogP contribution in [0.1, 0.15) is 23.4 Å². The number of nitrogens with zero attached hydrogens (tertiary/aromatic N) is 1. The molecule has 1 N–H and O–H groups in total. The van der Waals surface area contributed by atoms with Gasteiger partial charge in [0.1, 0.15) is 23.9 Å². The number of hydrogen-bond acceptors (Lipinski definition) is 5. The van der Waals surface area contributed by atoms with Crippen molar-refractivity contribution in [2.45, 2.75) is 26.2 Å². The fourth-order valence-corrected chi connectivity index (χ4v) is 2.99. The van der Waals surface area contributed by atoms with E-state index in [4.69, 9.17) is 19.0 Å². The van der Waals surface area contributed by atoms with Crippen molar-refractivity contribution in [3.05, 3.63) is 78.2 Å². The molecule has 0 aliphatic heterocycles. The largest absolute Gasteiger partial charge is 0.493 e. The molecule has 0 aliphatic carbocycles. The number of carboxylic acids is 1. The van der Waals surface area contributed by atoms with Gasteiger partial charge >= 0.3 is 5.97 Å². The SMILES string of the molecule is C=CCOc1cc(OCCc2nc(-c3ccccc3)oc2C)ccc1CCC(=O)O. The molecule has 3 aromatic rings. The van der Waals surface area contributed by atoms with E-state index < -0.39 is 5.97 Å². The zero-order chi connectivity index (χ0) is 21.3. The molecule has 0 atom stereocenters. The number of aliphatic carboxylic acids is 1. The third-order valence-corrected chi connectivity index (χ3v) is 4.52. The number of ether oxygens (including phenoxy) is 2. The lowest BCUT2D eigenvalue weighted by Crippen LogP contribution is -2.05. The van der Waals surface area contributed by atoms with Gasteiger partial charge in [0.05, 0.1) is 12.3 Å². The van der Waals surface area contributed by atoms with E-state index in [0.29, 0.717) is 43.4 Å². The summed E-state index contributed by atoms with van der Waals surface area (Å²) in [7, 11) is 0. The van der Waals surface area contributed by atoms with Gasteiger partial charge in [0.25, 0.3) is 0 Å². The van der Waals surface area contributed by atoms with E-state index in [0.717, 1.165) is 22.6 Å². The number of rotatable bonds is 11. The summed E-state index contributed by atoms with van der Waals surface area (Å²) in [5.74, 6) is 1.79. The Morgan fingerprint density at radius 1 is 1.17 bits per heavy atom. The van der Waals surface area contributed by atoms with Crippen LogP contribution in [-0.4, -0.2) is 29.3 Å². The monoisotopic (exact) mass is 407 g/mol. The molecule has 6 nitrogen and oxygen atoms in total. The minimum absolute atomic E-state index is 0.0415. The Kier molecular flexibility index (Phi) is 7.27. The van der Waals surface area contributed by atoms with Crippen LogP contribution in [-0.2, 0) is 17.6 Å². The molecule has 2 aromatic carbocycles. The number of aromatic nitrogens is 1. The molecule has 0 radical (unpaired) electrons. The van der Waals surface area contributed by atoms with Crippen molar-refractivity contribution in [3.63, 3.8) is 0 Å². The quantitative estimate of drug-likeness (QED) is 0.458. The second-order valence-corrected chi connectivity index (χ2v) is 6.75. The fraction of sp³-hybridized carbons (Fsp3) is 0.250. The molecule has 156 valence electrons. The normalized spacial score (nSPS) is 10.6. The van der Waals surface area contributed by atoms with Crippen molar-refractivity contribution in [3.8, 4) is 23.0 Å². The van der Waals surface area contributed by atoms with Gasteiger partial charge in [0.2, 0.25) is 5.89 Å². The van der Waals surface area contributed by atoms with Crippen molar-refractivity contribution in [2.75, 3.05) is 13.2 Å². The van der Waals surface area contributed by atoms with Crippen LogP contribution >= 0.6 is 0 Å². The van der Waals surface area contributed by atoms with Crippen LogP contribution in [0.5, 0.6) is 11.5 Å². The molecular formula is C24H25NO5. The predicted molar refractivity (Wildman–Crippen MR) is 114 cm³/mol. The standard InChI is InChI=1S/C24H25NO5/c1-3-14-29-22-16-20(11-9-18(22)10-12-23(26)27)28-15-13-21-17(2)30-24(25-21)19-7-5-4-6-8-19/h3-9,11,16H,1,10,12-15H2,2H3,(H,26,27). The van der Waals surface area contributed by atoms with Gasteiger partial charge in [-0.1, -0.05) is 36.9 Å². The summed E-state index contributed by atoms with van der Waals surface area (Å²) < 4.78 is 17.3. The lowest BCUT2D eigenvalue weighted by Gasteiger charge is -2.12. The Morgan fingerprint density at radius 3 is 2.70 bits per heavy atom. The summed E-state index contributed by atoms with van der Waals surface area (Å²) in [6.45, 7) is 6.31. The molecule has 6 heteroatoms. The summed E-state index contributed by atoms with van der Waals surface area (Å²) in [6.07, 6.45) is 2.68. The van der Waals surface area contributed by atoms with Crippen molar-refractivity contribution < 1.29 is 23.8 Å². The molecule has 0 spiro atoms. The first-order valence-corrected chi connectivity index (χ1v) is 9.79. The zero-order valence-corrected chi connectivity index (χ0v) is 17.0. The maximum absolute atomic E-state index is 10.9. The van der Waals surface area contributed by atoms with Crippen molar-refractivity contribution in [1.82, 2.24) is 4.98 Å². The van der Waals surface area contributed by atoms with E-state index >= 15 is 0 Å². The Bertz CT molecular complexity index is 994. The summed E-state index contributed by atoms with van der Waals surface area (Å²) >= 11 is 0. The van der Waals surface area contributed by atoms with Crippen LogP contribution in [0.25, 0.3) is 11.5 Å². The summed E-state index contributed by atoms with van der Waals surface area (Å²) in [5, 5.41) is 8.92. The molecule has 1 heterocycles. The van der Waals surface area contributed by atoms with E-state index in [2.05, 4.69) is 11.6 Å². The first kappa shape index (κ1) is 21.2. The highest BCUT2D eigenvalue weighted by molar-refractivity contribution is 5.67. The highest BCUT2D eigenvalue weighted by Gasteiger charge is 2.12. The van der Waals surface area contributed by atoms with Crippen molar-refractivity contribution >= 4 is 5.97 Å². The second-order valence-electron chi connectivity index (χ2n) is 6.75. The molecule has 30 heavy (non-hydrogen) atoms. The number of hydrogen-bond donors (Lipinski definition) is 1. The molecule has 0 saturated heterocycles. The second kappa shape index (κ2) is 10.3. The smallest absolute Gasteiger partial charge is 0.303 e. The number of aryl methyl sites for hydroxylation is 2. The van der Waals surface area contributed by atoms with Crippen molar-refractivity contribution in [1.29, 1.82) is 0 Å². The summed E-state index contributed by atoms with van der Waals surface area (Å²) in [4.78, 5) is 15.5. The topological polar surface area (TPSA) is 81.8 Å². The lowest BCUT2D eigenvalue weighted by molar-refractivity contribution is -0.136. The minimum atomic E-state index is -0.845.